The van der Waals surface area contributed by atoms with Crippen LogP contribution in [0, 0.1) is 0 Å². The van der Waals surface area contributed by atoms with Crippen molar-refractivity contribution in [2.45, 2.75) is 76.7 Å². The van der Waals surface area contributed by atoms with E-state index in [0.717, 1.165) is 0 Å². The van der Waals surface area contributed by atoms with E-state index in [9.17, 15) is 29.7 Å². The van der Waals surface area contributed by atoms with Gasteiger partial charge in [0, 0.05) is 16.7 Å². The Balaban J connectivity index is 2.17. The van der Waals surface area contributed by atoms with Gasteiger partial charge in [-0.15, -0.1) is 0 Å². The van der Waals surface area contributed by atoms with Crippen LogP contribution in [-0.4, -0.2) is 50.0 Å². The summed E-state index contributed by atoms with van der Waals surface area (Å²) in [5.41, 5.74) is -3.55. The molecule has 0 saturated carbocycles. The molecule has 3 aliphatic rings. The van der Waals surface area contributed by atoms with Crippen LogP contribution in [0.4, 0.5) is 0 Å². The lowest BCUT2D eigenvalue weighted by Crippen LogP contribution is -2.24. The van der Waals surface area contributed by atoms with E-state index in [0.29, 0.717) is 0 Å². The fourth-order valence-electron chi connectivity index (χ4n) is 4.32. The van der Waals surface area contributed by atoms with E-state index in [4.69, 9.17) is 14.2 Å². The van der Waals surface area contributed by atoms with Gasteiger partial charge in [-0.25, -0.2) is 14.4 Å². The monoisotopic (exact) mass is 420 g/mol. The molecule has 4 rings (SSSR count). The largest absolute Gasteiger partial charge is 0.478 e. The van der Waals surface area contributed by atoms with Crippen LogP contribution in [0.25, 0.3) is 0 Å². The first-order chi connectivity index (χ1) is 13.6. The third kappa shape index (κ3) is 2.91. The fourth-order valence-corrected chi connectivity index (χ4v) is 4.32. The van der Waals surface area contributed by atoms with Crippen LogP contribution >= 0.6 is 0 Å². The summed E-state index contributed by atoms with van der Waals surface area (Å²) in [5.74, 6) is -4.36. The maximum absolute atomic E-state index is 12.4. The highest BCUT2D eigenvalue weighted by Gasteiger charge is 2.61. The molecule has 1 aromatic rings. The number of ether oxygens (including phenoxy) is 3. The number of benzene rings is 1. The van der Waals surface area contributed by atoms with Gasteiger partial charge in [-0.05, 0) is 41.5 Å². The van der Waals surface area contributed by atoms with Crippen molar-refractivity contribution in [1.29, 1.82) is 0 Å². The van der Waals surface area contributed by atoms with E-state index >= 15 is 0 Å². The molecule has 9 nitrogen and oxygen atoms in total. The van der Waals surface area contributed by atoms with Gasteiger partial charge in [0.05, 0.1) is 33.5 Å². The molecule has 3 saturated heterocycles. The number of hydrogen-bond donors (Lipinski definition) is 3. The Morgan fingerprint density at radius 2 is 0.800 bits per heavy atom. The molecule has 3 atom stereocenters. The summed E-state index contributed by atoms with van der Waals surface area (Å²) < 4.78 is 16.9. The van der Waals surface area contributed by atoms with Gasteiger partial charge >= 0.3 is 17.9 Å². The van der Waals surface area contributed by atoms with Crippen molar-refractivity contribution >= 4 is 17.9 Å². The first-order valence-corrected chi connectivity index (χ1v) is 9.58. The molecule has 30 heavy (non-hydrogen) atoms. The second kappa shape index (κ2) is 5.81. The number of carboxylic acids is 3. The Morgan fingerprint density at radius 1 is 0.567 bits per heavy atom. The van der Waals surface area contributed by atoms with E-state index in [-0.39, 0.29) is 22.3 Å². The zero-order valence-electron chi connectivity index (χ0n) is 17.5. The summed E-state index contributed by atoms with van der Waals surface area (Å²) in [4.78, 5) is 37.0. The highest BCUT2D eigenvalue weighted by Crippen LogP contribution is 2.61. The van der Waals surface area contributed by atoms with Gasteiger partial charge in [-0.3, -0.25) is 0 Å². The van der Waals surface area contributed by atoms with Gasteiger partial charge < -0.3 is 29.5 Å². The molecule has 3 unspecified atom stereocenters. The average Bonchev–Trinajstić information content (AvgIpc) is 3.50. The van der Waals surface area contributed by atoms with Crippen LogP contribution in [0.2, 0.25) is 0 Å². The molecular weight excluding hydrogens is 396 g/mol. The first kappa shape index (κ1) is 20.8. The molecule has 3 fully saturated rings. The lowest BCUT2D eigenvalue weighted by atomic mass is 9.78. The van der Waals surface area contributed by atoms with Crippen molar-refractivity contribution in [2.24, 2.45) is 0 Å². The molecule has 0 spiro atoms. The van der Waals surface area contributed by atoms with Crippen molar-refractivity contribution in [3.8, 4) is 0 Å². The maximum atomic E-state index is 12.4. The fraction of sp³-hybridized carbons (Fsp3) is 0.571. The van der Waals surface area contributed by atoms with E-state index < -0.39 is 64.1 Å². The molecule has 1 aromatic carbocycles. The van der Waals surface area contributed by atoms with Gasteiger partial charge in [0.1, 0.15) is 18.3 Å². The lowest BCUT2D eigenvalue weighted by Gasteiger charge is -2.21. The summed E-state index contributed by atoms with van der Waals surface area (Å²) in [7, 11) is 0. The number of aromatic carboxylic acids is 3. The molecule has 3 aliphatic heterocycles. The SMILES string of the molecule is CC1(C)OC1c1c(C(=O)O)c(C(=O)O)c(C2OC2(C)C)c(C2OC2(C)C)c1C(=O)O. The number of rotatable bonds is 6. The quantitative estimate of drug-likeness (QED) is 0.589. The summed E-state index contributed by atoms with van der Waals surface area (Å²) in [6.07, 6.45) is -2.34. The van der Waals surface area contributed by atoms with Crippen LogP contribution in [-0.2, 0) is 14.2 Å². The Morgan fingerprint density at radius 3 is 1.07 bits per heavy atom. The van der Waals surface area contributed by atoms with Gasteiger partial charge in [0.25, 0.3) is 0 Å². The maximum Gasteiger partial charge on any atom is 0.336 e. The average molecular weight is 420 g/mol. The van der Waals surface area contributed by atoms with E-state index in [1.165, 1.54) is 0 Å². The second-order valence-corrected chi connectivity index (χ2v) is 9.59. The van der Waals surface area contributed by atoms with Crippen LogP contribution < -0.4 is 0 Å². The second-order valence-electron chi connectivity index (χ2n) is 9.59. The molecule has 3 heterocycles. The zero-order chi connectivity index (χ0) is 22.5. The predicted molar refractivity (Wildman–Crippen MR) is 101 cm³/mol. The van der Waals surface area contributed by atoms with Crippen molar-refractivity contribution in [3.05, 3.63) is 33.4 Å². The minimum Gasteiger partial charge on any atom is -0.478 e. The van der Waals surface area contributed by atoms with Crippen molar-refractivity contribution in [1.82, 2.24) is 0 Å². The first-order valence-electron chi connectivity index (χ1n) is 9.58. The van der Waals surface area contributed by atoms with Crippen LogP contribution in [0.3, 0.4) is 0 Å². The molecule has 0 aliphatic carbocycles. The minimum atomic E-state index is -1.53. The smallest absolute Gasteiger partial charge is 0.336 e. The number of hydrogen-bond acceptors (Lipinski definition) is 6. The molecule has 9 heteroatoms. The lowest BCUT2D eigenvalue weighted by molar-refractivity contribution is 0.0644. The van der Waals surface area contributed by atoms with Crippen LogP contribution in [0.15, 0.2) is 0 Å². The standard InChI is InChI=1S/C21H24O9/c1-19(2)13(28-19)7-8(14-20(3,4)29-14)11(17(24)25)12(18(26)27)9(10(7)16(22)23)15-21(5,6)30-15/h13-15H,1-6H3,(H,22,23)(H,24,25)(H,26,27). The third-order valence-corrected chi connectivity index (χ3v) is 6.03. The van der Waals surface area contributed by atoms with Gasteiger partial charge in [-0.1, -0.05) is 0 Å². The summed E-state index contributed by atoms with van der Waals surface area (Å²) in [5, 5.41) is 30.1. The Kier molecular flexibility index (Phi) is 4.02. The van der Waals surface area contributed by atoms with Crippen LogP contribution in [0.5, 0.6) is 0 Å². The van der Waals surface area contributed by atoms with Crippen LogP contribution in [0.1, 0.15) is 108 Å². The van der Waals surface area contributed by atoms with Gasteiger partial charge in [-0.2, -0.15) is 0 Å². The predicted octanol–water partition coefficient (Wildman–Crippen LogP) is 3.33. The number of carbonyl (C=O) groups is 3. The normalized spacial score (nSPS) is 29.2. The Hall–Kier alpha value is -2.49. The highest BCUT2D eigenvalue weighted by atomic mass is 16.6. The minimum absolute atomic E-state index is 0.0556. The molecule has 0 aromatic heterocycles. The molecular formula is C21H24O9. The van der Waals surface area contributed by atoms with Crippen molar-refractivity contribution in [2.75, 3.05) is 0 Å². The Bertz CT molecular complexity index is 1020. The number of carboxylic acid groups (broad SMARTS) is 3. The van der Waals surface area contributed by atoms with E-state index in [1.807, 2.05) is 0 Å². The third-order valence-electron chi connectivity index (χ3n) is 6.03. The number of epoxide rings is 3. The molecule has 3 N–H and O–H groups in total. The van der Waals surface area contributed by atoms with E-state index in [2.05, 4.69) is 0 Å². The summed E-state index contributed by atoms with van der Waals surface area (Å²) in [6, 6.07) is 0. The molecule has 0 bridgehead atoms. The van der Waals surface area contributed by atoms with Gasteiger partial charge in [0.2, 0.25) is 0 Å². The van der Waals surface area contributed by atoms with Crippen molar-refractivity contribution in [3.63, 3.8) is 0 Å². The van der Waals surface area contributed by atoms with E-state index in [1.54, 1.807) is 41.5 Å². The topological polar surface area (TPSA) is 149 Å². The molecule has 162 valence electrons. The summed E-state index contributed by atoms with van der Waals surface area (Å²) in [6.45, 7) is 10.4. The highest BCUT2D eigenvalue weighted by molar-refractivity contribution is 6.08. The zero-order valence-corrected chi connectivity index (χ0v) is 17.5. The Labute approximate surface area is 172 Å². The van der Waals surface area contributed by atoms with Crippen molar-refractivity contribution < 1.29 is 43.9 Å². The molecule has 0 amide bonds. The van der Waals surface area contributed by atoms with Gasteiger partial charge in [0.15, 0.2) is 0 Å². The summed E-state index contributed by atoms with van der Waals surface area (Å²) >= 11 is 0. The molecule has 0 radical (unpaired) electrons.